The van der Waals surface area contributed by atoms with Crippen LogP contribution in [0, 0.1) is 0 Å². The first kappa shape index (κ1) is 36.0. The summed E-state index contributed by atoms with van der Waals surface area (Å²) in [5.41, 5.74) is -14.2. The fourth-order valence-electron chi connectivity index (χ4n) is 4.69. The fraction of sp³-hybridized carbons (Fsp3) is 0.379. The summed E-state index contributed by atoms with van der Waals surface area (Å²) in [7, 11) is 0. The molecule has 0 aromatic heterocycles. The second-order valence-corrected chi connectivity index (χ2v) is 17.4. The number of aliphatic hydroxyl groups is 2. The van der Waals surface area contributed by atoms with Crippen LogP contribution >= 0.6 is 0 Å². The van der Waals surface area contributed by atoms with Gasteiger partial charge in [0.05, 0.1) is 0 Å². The van der Waals surface area contributed by atoms with Crippen LogP contribution in [0.3, 0.4) is 0 Å². The molecule has 0 spiro atoms. The van der Waals surface area contributed by atoms with Gasteiger partial charge in [-0.25, -0.2) is 0 Å². The molecule has 1 atom stereocenters. The van der Waals surface area contributed by atoms with Gasteiger partial charge in [0, 0.05) is 0 Å². The zero-order chi connectivity index (χ0) is 33.7. The van der Waals surface area contributed by atoms with Gasteiger partial charge in [0.15, 0.2) is 0 Å². The third-order valence-electron chi connectivity index (χ3n) is 7.02. The van der Waals surface area contributed by atoms with Crippen molar-refractivity contribution in [3.05, 3.63) is 95.6 Å². The summed E-state index contributed by atoms with van der Waals surface area (Å²) in [4.78, 5) is 0. The predicted molar refractivity (Wildman–Crippen MR) is 139 cm³/mol. The molecule has 0 bridgehead atoms. The van der Waals surface area contributed by atoms with E-state index in [1.54, 1.807) is 20.8 Å². The van der Waals surface area contributed by atoms with Crippen LogP contribution in [0.5, 0.6) is 0 Å². The molecule has 0 aliphatic carbocycles. The van der Waals surface area contributed by atoms with Gasteiger partial charge >= 0.3 is 252 Å². The van der Waals surface area contributed by atoms with E-state index in [0.29, 0.717) is 17.7 Å². The molecule has 0 saturated carbocycles. The van der Waals surface area contributed by atoms with Gasteiger partial charge < -0.3 is 0 Å². The Kier molecular flexibility index (Phi) is 9.61. The molecule has 242 valence electrons. The van der Waals surface area contributed by atoms with Gasteiger partial charge in [-0.1, -0.05) is 0 Å². The van der Waals surface area contributed by atoms with Gasteiger partial charge in [-0.3, -0.25) is 0 Å². The fourth-order valence-corrected chi connectivity index (χ4v) is 13.8. The van der Waals surface area contributed by atoms with E-state index < -0.39 is 83.5 Å². The van der Waals surface area contributed by atoms with Crippen LogP contribution in [0.15, 0.2) is 78.9 Å². The van der Waals surface area contributed by atoms with E-state index in [0.717, 1.165) is 42.5 Å². The summed E-state index contributed by atoms with van der Waals surface area (Å²) >= 11 is -5.51. The Morgan fingerprint density at radius 2 is 0.977 bits per heavy atom. The number of benzene rings is 3. The van der Waals surface area contributed by atoms with E-state index in [9.17, 15) is 62.9 Å². The molecule has 0 fully saturated rings. The van der Waals surface area contributed by atoms with Crippen LogP contribution in [0.2, 0.25) is 0 Å². The summed E-state index contributed by atoms with van der Waals surface area (Å²) in [6, 6.07) is 11.7. The average molecular weight is 755 g/mol. The van der Waals surface area contributed by atoms with E-state index in [-0.39, 0.29) is 6.07 Å². The van der Waals surface area contributed by atoms with Crippen LogP contribution in [-0.4, -0.2) is 60.7 Å². The normalized spacial score (nSPS) is 15.0. The first-order valence-electron chi connectivity index (χ1n) is 12.6. The number of rotatable bonds is 6. The zero-order valence-corrected chi connectivity index (χ0v) is 25.5. The third kappa shape index (κ3) is 6.31. The number of alkyl halides is 12. The van der Waals surface area contributed by atoms with Gasteiger partial charge in [0.25, 0.3) is 0 Å². The van der Waals surface area contributed by atoms with Gasteiger partial charge in [0.1, 0.15) is 0 Å². The topological polar surface area (TPSA) is 40.5 Å². The molecule has 0 heterocycles. The van der Waals surface area contributed by atoms with Crippen molar-refractivity contribution in [2.24, 2.45) is 0 Å². The molecule has 15 heteroatoms. The molecule has 0 amide bonds. The van der Waals surface area contributed by atoms with Crippen molar-refractivity contribution in [3.8, 4) is 0 Å². The first-order valence-corrected chi connectivity index (χ1v) is 16.6. The molecule has 3 aromatic rings. The van der Waals surface area contributed by atoms with E-state index in [1.807, 2.05) is 0 Å². The monoisotopic (exact) mass is 754 g/mol. The summed E-state index contributed by atoms with van der Waals surface area (Å²) in [5.74, 6) is 0. The van der Waals surface area contributed by atoms with E-state index in [4.69, 9.17) is 0 Å². The Morgan fingerprint density at radius 3 is 1.39 bits per heavy atom. The van der Waals surface area contributed by atoms with Crippen molar-refractivity contribution in [1.29, 1.82) is 0 Å². The van der Waals surface area contributed by atoms with Crippen molar-refractivity contribution in [1.82, 2.24) is 0 Å². The van der Waals surface area contributed by atoms with Crippen molar-refractivity contribution < 1.29 is 62.9 Å². The van der Waals surface area contributed by atoms with Gasteiger partial charge in [-0.2, -0.15) is 0 Å². The molecule has 1 unspecified atom stereocenters. The Morgan fingerprint density at radius 1 is 0.545 bits per heavy atom. The van der Waals surface area contributed by atoms with Crippen molar-refractivity contribution >= 4 is 27.2 Å². The molecular formula is C29H25F12O2Sb. The minimum absolute atomic E-state index is 0.166. The molecule has 0 saturated heterocycles. The van der Waals surface area contributed by atoms with E-state index in [1.165, 1.54) is 18.2 Å². The molecule has 44 heavy (non-hydrogen) atoms. The summed E-state index contributed by atoms with van der Waals surface area (Å²) in [6.45, 7) is 5.13. The van der Waals surface area contributed by atoms with Gasteiger partial charge in [-0.15, -0.1) is 0 Å². The molecule has 0 aliphatic rings. The molecule has 0 radical (unpaired) electrons. The van der Waals surface area contributed by atoms with Crippen LogP contribution < -0.4 is 7.02 Å². The van der Waals surface area contributed by atoms with Crippen LogP contribution in [-0.2, 0) is 11.0 Å². The molecule has 2 nitrogen and oxygen atoms in total. The van der Waals surface area contributed by atoms with E-state index in [2.05, 4.69) is 0 Å². The molecule has 0 aliphatic heterocycles. The Hall–Kier alpha value is -2.44. The summed E-state index contributed by atoms with van der Waals surface area (Å²) in [5, 5.41) is 21.1. The quantitative estimate of drug-likeness (QED) is 0.209. The Labute approximate surface area is 251 Å². The summed E-state index contributed by atoms with van der Waals surface area (Å²) in [6.07, 6.45) is -26.0. The second kappa shape index (κ2) is 11.7. The average Bonchev–Trinajstić information content (AvgIpc) is 2.88. The standard InChI is InChI=1S/C10H7F6O.C10H13.C9H5F6O.Sb/c11-9(12,13)8(17,10(14,15)16)6-7-4-2-1-3-5-7;1-10(2,3)9-7-5-4-6-8-9;10-8(11,12)7(16,9(13,14)15)6-4-2-1-3-5-6;/h1-6,17H;5-8H,1-3H3;1-4,16H;. The summed E-state index contributed by atoms with van der Waals surface area (Å²) < 4.78 is 167. The SMILES string of the molecule is CC(C)(C)c1cc[c]([Sb]([c]2ccccc2C(O)(C(F)(F)F)C(F)(F)F)[CH](c2ccccc2)C(O)(C(F)(F)F)C(F)(F)F)cc1. The van der Waals surface area contributed by atoms with Crippen LogP contribution in [0.25, 0.3) is 0 Å². The van der Waals surface area contributed by atoms with Crippen LogP contribution in [0.1, 0.15) is 41.3 Å². The van der Waals surface area contributed by atoms with Crippen molar-refractivity contribution in [3.63, 3.8) is 0 Å². The maximum atomic E-state index is 14.5. The number of hydrogen-bond acceptors (Lipinski definition) is 2. The predicted octanol–water partition coefficient (Wildman–Crippen LogP) is 7.08. The molecular weight excluding hydrogens is 730 g/mol. The molecule has 2 N–H and O–H groups in total. The van der Waals surface area contributed by atoms with Crippen LogP contribution in [0.4, 0.5) is 52.7 Å². The second-order valence-electron chi connectivity index (χ2n) is 11.0. The Balaban J connectivity index is 2.62. The third-order valence-corrected chi connectivity index (χ3v) is 15.4. The van der Waals surface area contributed by atoms with Crippen molar-refractivity contribution in [2.45, 2.75) is 66.0 Å². The maximum absolute atomic E-state index is 14.5. The minimum atomic E-state index is -6.50. The first-order chi connectivity index (χ1) is 19.8. The molecule has 3 aromatic carbocycles. The van der Waals surface area contributed by atoms with E-state index >= 15 is 0 Å². The Bertz CT molecular complexity index is 1390. The van der Waals surface area contributed by atoms with Crippen molar-refractivity contribution in [2.75, 3.05) is 0 Å². The molecule has 3 rings (SSSR count). The zero-order valence-electron chi connectivity index (χ0n) is 23.0. The number of halogens is 12. The van der Waals surface area contributed by atoms with Gasteiger partial charge in [-0.05, 0) is 0 Å². The van der Waals surface area contributed by atoms with Gasteiger partial charge in [0.2, 0.25) is 0 Å². The number of hydrogen-bond donors (Lipinski definition) is 2.